The van der Waals surface area contributed by atoms with Crippen molar-refractivity contribution in [1.29, 1.82) is 0 Å². The molecule has 1 spiro atoms. The number of nitrogens with zero attached hydrogens (tertiary/aromatic N) is 3. The fourth-order valence-electron chi connectivity index (χ4n) is 6.98. The summed E-state index contributed by atoms with van der Waals surface area (Å²) in [4.78, 5) is 47.6. The number of amides is 3. The van der Waals surface area contributed by atoms with Gasteiger partial charge in [0.1, 0.15) is 17.4 Å². The van der Waals surface area contributed by atoms with Gasteiger partial charge in [0.05, 0.1) is 30.7 Å². The normalized spacial score (nSPS) is 30.7. The monoisotopic (exact) mass is 557 g/mol. The number of aliphatic hydroxyl groups is 1. The van der Waals surface area contributed by atoms with Gasteiger partial charge in [-0.1, -0.05) is 54.6 Å². The maximum absolute atomic E-state index is 14.4. The van der Waals surface area contributed by atoms with Crippen molar-refractivity contribution in [2.75, 3.05) is 37.7 Å². The van der Waals surface area contributed by atoms with Gasteiger partial charge in [-0.05, 0) is 43.7 Å². The van der Waals surface area contributed by atoms with Gasteiger partial charge >= 0.3 is 0 Å². The number of hydrogen-bond donors (Lipinski definition) is 1. The highest BCUT2D eigenvalue weighted by Gasteiger charge is 2.74. The third kappa shape index (κ3) is 4.35. The van der Waals surface area contributed by atoms with E-state index in [1.807, 2.05) is 92.7 Å². The number of likely N-dealkylation sites (tertiary alicyclic amines) is 1. The van der Waals surface area contributed by atoms with Crippen molar-refractivity contribution in [3.8, 4) is 5.75 Å². The minimum absolute atomic E-state index is 0.0278. The smallest absolute Gasteiger partial charge is 0.249 e. The lowest BCUT2D eigenvalue weighted by Crippen LogP contribution is -2.56. The maximum Gasteiger partial charge on any atom is 0.249 e. The topological polar surface area (TPSA) is 99.6 Å². The van der Waals surface area contributed by atoms with Gasteiger partial charge in [-0.3, -0.25) is 14.4 Å². The van der Waals surface area contributed by atoms with Crippen molar-refractivity contribution in [2.45, 2.75) is 37.6 Å². The number of β-amino-alcohol motifs (C(OH)–C–C–N with tert-alkyl or cyclic N) is 1. The zero-order valence-corrected chi connectivity index (χ0v) is 23.3. The molecule has 0 bridgehead atoms. The van der Waals surface area contributed by atoms with Crippen LogP contribution in [0.15, 0.2) is 78.9 Å². The Morgan fingerprint density at radius 1 is 0.927 bits per heavy atom. The molecule has 6 rings (SSSR count). The highest BCUT2D eigenvalue weighted by molar-refractivity contribution is 6.04. The molecule has 214 valence electrons. The van der Waals surface area contributed by atoms with E-state index in [0.29, 0.717) is 37.7 Å². The van der Waals surface area contributed by atoms with E-state index in [9.17, 15) is 19.5 Å². The average Bonchev–Trinajstić information content (AvgIpc) is 3.23. The summed E-state index contributed by atoms with van der Waals surface area (Å²) in [6.45, 7) is 4.96. The van der Waals surface area contributed by atoms with Crippen molar-refractivity contribution >= 4 is 23.4 Å². The molecule has 1 N–H and O–H groups in total. The van der Waals surface area contributed by atoms with E-state index in [-0.39, 0.29) is 30.9 Å². The van der Waals surface area contributed by atoms with E-state index in [0.717, 1.165) is 5.56 Å². The van der Waals surface area contributed by atoms with Crippen LogP contribution in [0.5, 0.6) is 5.75 Å². The van der Waals surface area contributed by atoms with Crippen LogP contribution in [0, 0.1) is 11.8 Å². The molecule has 0 aliphatic carbocycles. The van der Waals surface area contributed by atoms with Crippen molar-refractivity contribution in [3.05, 3.63) is 84.5 Å². The predicted molar refractivity (Wildman–Crippen MR) is 152 cm³/mol. The highest BCUT2D eigenvalue weighted by atomic mass is 16.5. The van der Waals surface area contributed by atoms with Gasteiger partial charge in [0.2, 0.25) is 17.7 Å². The van der Waals surface area contributed by atoms with Crippen LogP contribution in [0.2, 0.25) is 0 Å². The molecular weight excluding hydrogens is 522 g/mol. The molecule has 2 fully saturated rings. The predicted octanol–water partition coefficient (Wildman–Crippen LogP) is 2.55. The molecule has 41 heavy (non-hydrogen) atoms. The Labute approximate surface area is 239 Å². The fraction of sp³-hybridized carbons (Fsp3) is 0.406. The zero-order valence-electron chi connectivity index (χ0n) is 23.3. The van der Waals surface area contributed by atoms with Gasteiger partial charge in [0.15, 0.2) is 0 Å². The molecule has 4 aliphatic heterocycles. The van der Waals surface area contributed by atoms with Gasteiger partial charge < -0.3 is 29.3 Å². The van der Waals surface area contributed by atoms with Crippen LogP contribution in [-0.4, -0.2) is 82.7 Å². The molecule has 0 saturated carbocycles. The van der Waals surface area contributed by atoms with Crippen LogP contribution in [0.3, 0.4) is 0 Å². The summed E-state index contributed by atoms with van der Waals surface area (Å²) >= 11 is 0. The first-order valence-corrected chi connectivity index (χ1v) is 14.2. The molecule has 9 heteroatoms. The Bertz CT molecular complexity index is 1390. The van der Waals surface area contributed by atoms with E-state index in [2.05, 4.69) is 0 Å². The van der Waals surface area contributed by atoms with Crippen molar-refractivity contribution < 1.29 is 29.0 Å². The second kappa shape index (κ2) is 10.5. The van der Waals surface area contributed by atoms with Crippen molar-refractivity contribution in [2.24, 2.45) is 11.8 Å². The number of fused-ring (bicyclic) bond motifs is 2. The lowest BCUT2D eigenvalue weighted by molar-refractivity contribution is -0.151. The molecular formula is C32H35N3O6. The standard InChI is InChI=1S/C32H35N3O6/c1-3-40-24-13-11-23(12-14-24)34-18-7-15-31(2)25(28(34)37)26-29(38)35(19-20-36)27-30(39)33(17-8-16-32(26,27)41-31)21-22-9-5-4-6-10-22/h4-16,25-27,36H,3,17-21H2,1-2H3/t25-,26-,27?,31+,32-/m0/s1. The van der Waals surface area contributed by atoms with Gasteiger partial charge in [0.25, 0.3) is 0 Å². The SMILES string of the molecule is CCOc1ccc(N2CC=C[C@@]3(C)O[C@]45C=CCN(Cc6ccccc6)C(=O)C4N(CCO)C(=O)[C@@H]5[C@H]3C2=O)cc1. The Morgan fingerprint density at radius 2 is 1.66 bits per heavy atom. The summed E-state index contributed by atoms with van der Waals surface area (Å²) < 4.78 is 12.4. The van der Waals surface area contributed by atoms with E-state index in [4.69, 9.17) is 9.47 Å². The molecule has 0 radical (unpaired) electrons. The number of aliphatic hydroxyl groups excluding tert-OH is 1. The van der Waals surface area contributed by atoms with Crippen LogP contribution < -0.4 is 9.64 Å². The van der Waals surface area contributed by atoms with E-state index in [1.165, 1.54) is 4.90 Å². The summed E-state index contributed by atoms with van der Waals surface area (Å²) in [6, 6.07) is 16.0. The summed E-state index contributed by atoms with van der Waals surface area (Å²) in [5.41, 5.74) is -0.812. The number of hydrogen-bond acceptors (Lipinski definition) is 6. The van der Waals surface area contributed by atoms with Crippen LogP contribution in [-0.2, 0) is 25.7 Å². The molecule has 5 atom stereocenters. The fourth-order valence-corrected chi connectivity index (χ4v) is 6.98. The molecule has 4 heterocycles. The molecule has 3 amide bonds. The second-order valence-electron chi connectivity index (χ2n) is 11.1. The van der Waals surface area contributed by atoms with Crippen molar-refractivity contribution in [3.63, 3.8) is 0 Å². The Morgan fingerprint density at radius 3 is 2.37 bits per heavy atom. The molecule has 2 aromatic rings. The quantitative estimate of drug-likeness (QED) is 0.526. The Balaban J connectivity index is 1.39. The van der Waals surface area contributed by atoms with Gasteiger partial charge in [-0.25, -0.2) is 0 Å². The summed E-state index contributed by atoms with van der Waals surface area (Å²) in [5, 5.41) is 9.91. The van der Waals surface area contributed by atoms with Gasteiger partial charge in [0, 0.05) is 31.9 Å². The maximum atomic E-state index is 14.4. The first kappa shape index (κ1) is 27.2. The second-order valence-corrected chi connectivity index (χ2v) is 11.1. The van der Waals surface area contributed by atoms with Gasteiger partial charge in [-0.2, -0.15) is 0 Å². The third-order valence-electron chi connectivity index (χ3n) is 8.66. The molecule has 4 aliphatic rings. The van der Waals surface area contributed by atoms with E-state index >= 15 is 0 Å². The summed E-state index contributed by atoms with van der Waals surface area (Å²) in [6.07, 6.45) is 7.45. The number of ether oxygens (including phenoxy) is 2. The Hall–Kier alpha value is -3.95. The Kier molecular flexibility index (Phi) is 6.95. The van der Waals surface area contributed by atoms with Crippen LogP contribution in [0.1, 0.15) is 19.4 Å². The van der Waals surface area contributed by atoms with Crippen LogP contribution >= 0.6 is 0 Å². The summed E-state index contributed by atoms with van der Waals surface area (Å²) in [7, 11) is 0. The van der Waals surface area contributed by atoms with Crippen LogP contribution in [0.4, 0.5) is 5.69 Å². The molecule has 2 saturated heterocycles. The minimum atomic E-state index is -1.35. The number of benzene rings is 2. The average molecular weight is 558 g/mol. The molecule has 1 unspecified atom stereocenters. The first-order valence-electron chi connectivity index (χ1n) is 14.2. The van der Waals surface area contributed by atoms with E-state index in [1.54, 1.807) is 9.80 Å². The van der Waals surface area contributed by atoms with Gasteiger partial charge in [-0.15, -0.1) is 0 Å². The van der Waals surface area contributed by atoms with Crippen molar-refractivity contribution in [1.82, 2.24) is 9.80 Å². The highest BCUT2D eigenvalue weighted by Crippen LogP contribution is 2.57. The lowest BCUT2D eigenvalue weighted by Gasteiger charge is -2.37. The zero-order chi connectivity index (χ0) is 28.8. The molecule has 2 aromatic carbocycles. The number of anilines is 1. The number of carbonyl (C=O) groups is 3. The molecule has 0 aromatic heterocycles. The number of rotatable bonds is 7. The third-order valence-corrected chi connectivity index (χ3v) is 8.66. The van der Waals surface area contributed by atoms with Crippen LogP contribution in [0.25, 0.3) is 0 Å². The summed E-state index contributed by atoms with van der Waals surface area (Å²) in [5.74, 6) is -1.95. The number of carbonyl (C=O) groups excluding carboxylic acids is 3. The minimum Gasteiger partial charge on any atom is -0.494 e. The van der Waals surface area contributed by atoms with E-state index < -0.39 is 29.1 Å². The largest absolute Gasteiger partial charge is 0.494 e. The molecule has 9 nitrogen and oxygen atoms in total. The first-order chi connectivity index (χ1) is 19.8. The lowest BCUT2D eigenvalue weighted by atomic mass is 9.74.